The maximum absolute atomic E-state index is 13.5. The van der Waals surface area contributed by atoms with E-state index in [1.165, 1.54) is 10.5 Å². The summed E-state index contributed by atoms with van der Waals surface area (Å²) in [4.78, 5) is 30.0. The molecule has 2 aromatic rings. The van der Waals surface area contributed by atoms with E-state index in [0.717, 1.165) is 23.2 Å². The largest absolute Gasteiger partial charge is 0.496 e. The summed E-state index contributed by atoms with van der Waals surface area (Å²) < 4.78 is 5.69. The molecule has 0 bridgehead atoms. The molecule has 1 saturated heterocycles. The van der Waals surface area contributed by atoms with Crippen LogP contribution >= 0.6 is 12.2 Å². The zero-order chi connectivity index (χ0) is 24.9. The van der Waals surface area contributed by atoms with E-state index in [-0.39, 0.29) is 16.2 Å². The first-order valence-electron chi connectivity index (χ1n) is 11.4. The number of ether oxygens (including phenoxy) is 1. The number of thiocarbonyl (C=S) groups is 1. The SMILES string of the molecule is COc1cc2c(cc1/C=C1/C(=O)NC(=S)N(c3cc(C)cc(C)c3)C1=O)C(C)CC(C)(C)N2C. The summed E-state index contributed by atoms with van der Waals surface area (Å²) >= 11 is 5.36. The average Bonchev–Trinajstić information content (AvgIpc) is 2.73. The van der Waals surface area contributed by atoms with Gasteiger partial charge in [-0.25, -0.2) is 0 Å². The third-order valence-corrected chi connectivity index (χ3v) is 7.14. The summed E-state index contributed by atoms with van der Waals surface area (Å²) in [5.74, 6) is -0.0410. The fourth-order valence-electron chi connectivity index (χ4n) is 5.03. The van der Waals surface area contributed by atoms with Crippen LogP contribution in [0.4, 0.5) is 11.4 Å². The molecule has 0 aromatic heterocycles. The van der Waals surface area contributed by atoms with Crippen molar-refractivity contribution in [1.29, 1.82) is 0 Å². The van der Waals surface area contributed by atoms with Gasteiger partial charge in [0.1, 0.15) is 11.3 Å². The molecule has 4 rings (SSSR count). The highest BCUT2D eigenvalue weighted by Crippen LogP contribution is 2.45. The number of carbonyl (C=O) groups is 2. The quantitative estimate of drug-likeness (QED) is 0.388. The lowest BCUT2D eigenvalue weighted by Crippen LogP contribution is -2.54. The Morgan fingerprint density at radius 2 is 1.76 bits per heavy atom. The van der Waals surface area contributed by atoms with Crippen LogP contribution in [-0.4, -0.2) is 36.6 Å². The van der Waals surface area contributed by atoms with Gasteiger partial charge in [-0.3, -0.25) is 19.8 Å². The van der Waals surface area contributed by atoms with E-state index >= 15 is 0 Å². The molecule has 7 heteroatoms. The van der Waals surface area contributed by atoms with Crippen molar-refractivity contribution >= 4 is 46.6 Å². The molecule has 6 nitrogen and oxygen atoms in total. The van der Waals surface area contributed by atoms with Crippen LogP contribution in [0.2, 0.25) is 0 Å². The Morgan fingerprint density at radius 3 is 2.38 bits per heavy atom. The number of anilines is 2. The van der Waals surface area contributed by atoms with Crippen molar-refractivity contribution in [3.05, 3.63) is 58.2 Å². The van der Waals surface area contributed by atoms with E-state index in [4.69, 9.17) is 17.0 Å². The predicted octanol–water partition coefficient (Wildman–Crippen LogP) is 4.87. The summed E-state index contributed by atoms with van der Waals surface area (Å²) in [6, 6.07) is 9.81. The molecule has 2 aromatic carbocycles. The number of nitrogens with zero attached hydrogens (tertiary/aromatic N) is 2. The molecule has 0 spiro atoms. The second kappa shape index (κ2) is 8.55. The summed E-state index contributed by atoms with van der Waals surface area (Å²) in [5, 5.41) is 2.75. The highest BCUT2D eigenvalue weighted by atomic mass is 32.1. The van der Waals surface area contributed by atoms with Crippen LogP contribution in [0.25, 0.3) is 6.08 Å². The molecule has 0 saturated carbocycles. The summed E-state index contributed by atoms with van der Waals surface area (Å²) in [5.41, 5.74) is 5.62. The molecule has 2 heterocycles. The van der Waals surface area contributed by atoms with Crippen molar-refractivity contribution in [2.75, 3.05) is 24.0 Å². The maximum Gasteiger partial charge on any atom is 0.270 e. The number of amides is 2. The topological polar surface area (TPSA) is 61.9 Å². The highest BCUT2D eigenvalue weighted by Gasteiger charge is 2.37. The summed E-state index contributed by atoms with van der Waals surface area (Å²) in [6.45, 7) is 10.6. The van der Waals surface area contributed by atoms with Crippen LogP contribution in [0, 0.1) is 13.8 Å². The van der Waals surface area contributed by atoms with E-state index in [2.05, 4.69) is 38.0 Å². The molecular formula is C27H31N3O3S. The molecule has 1 unspecified atom stereocenters. The van der Waals surface area contributed by atoms with Crippen LogP contribution in [0.1, 0.15) is 55.4 Å². The Morgan fingerprint density at radius 1 is 1.12 bits per heavy atom. The van der Waals surface area contributed by atoms with E-state index in [0.29, 0.717) is 22.9 Å². The minimum atomic E-state index is -0.512. The maximum atomic E-state index is 13.5. The summed E-state index contributed by atoms with van der Waals surface area (Å²) in [6.07, 6.45) is 2.60. The van der Waals surface area contributed by atoms with Gasteiger partial charge in [-0.05, 0) is 93.2 Å². The lowest BCUT2D eigenvalue weighted by atomic mass is 9.79. The van der Waals surface area contributed by atoms with Crippen LogP contribution in [0.15, 0.2) is 35.9 Å². The molecule has 178 valence electrons. The molecule has 1 atom stereocenters. The van der Waals surface area contributed by atoms with E-state index in [9.17, 15) is 9.59 Å². The molecule has 0 radical (unpaired) electrons. The van der Waals surface area contributed by atoms with Crippen molar-refractivity contribution < 1.29 is 14.3 Å². The lowest BCUT2D eigenvalue weighted by molar-refractivity contribution is -0.122. The Hall–Kier alpha value is -3.19. The smallest absolute Gasteiger partial charge is 0.270 e. The van der Waals surface area contributed by atoms with Gasteiger partial charge in [-0.1, -0.05) is 13.0 Å². The van der Waals surface area contributed by atoms with Gasteiger partial charge in [0.05, 0.1) is 12.8 Å². The molecule has 0 aliphatic carbocycles. The van der Waals surface area contributed by atoms with Crippen LogP contribution < -0.4 is 19.9 Å². The van der Waals surface area contributed by atoms with E-state index in [1.54, 1.807) is 13.2 Å². The third-order valence-electron chi connectivity index (χ3n) is 6.85. The van der Waals surface area contributed by atoms with E-state index < -0.39 is 11.8 Å². The van der Waals surface area contributed by atoms with Gasteiger partial charge >= 0.3 is 0 Å². The Kier molecular flexibility index (Phi) is 6.02. The van der Waals surface area contributed by atoms with Gasteiger partial charge in [0.15, 0.2) is 5.11 Å². The van der Waals surface area contributed by atoms with Crippen molar-refractivity contribution in [2.24, 2.45) is 0 Å². The van der Waals surface area contributed by atoms with Crippen LogP contribution in [-0.2, 0) is 9.59 Å². The molecule has 2 aliphatic rings. The van der Waals surface area contributed by atoms with Crippen molar-refractivity contribution in [1.82, 2.24) is 5.32 Å². The summed E-state index contributed by atoms with van der Waals surface area (Å²) in [7, 11) is 3.68. The van der Waals surface area contributed by atoms with Crippen LogP contribution in [0.5, 0.6) is 5.75 Å². The van der Waals surface area contributed by atoms with Crippen molar-refractivity contribution in [3.63, 3.8) is 0 Å². The first kappa shape index (κ1) is 24.0. The fraction of sp³-hybridized carbons (Fsp3) is 0.370. The van der Waals surface area contributed by atoms with Gasteiger partial charge in [-0.2, -0.15) is 0 Å². The Bertz CT molecular complexity index is 1230. The van der Waals surface area contributed by atoms with Gasteiger partial charge in [-0.15, -0.1) is 0 Å². The van der Waals surface area contributed by atoms with Gasteiger partial charge in [0.25, 0.3) is 11.8 Å². The molecule has 2 amide bonds. The number of hydrogen-bond acceptors (Lipinski definition) is 5. The first-order valence-corrected chi connectivity index (χ1v) is 11.8. The van der Waals surface area contributed by atoms with Crippen molar-refractivity contribution in [3.8, 4) is 5.75 Å². The normalized spacial score (nSPS) is 21.0. The zero-order valence-electron chi connectivity index (χ0n) is 20.8. The average molecular weight is 478 g/mol. The van der Waals surface area contributed by atoms with Crippen LogP contribution in [0.3, 0.4) is 0 Å². The number of fused-ring (bicyclic) bond motifs is 1. The molecule has 1 N–H and O–H groups in total. The molecule has 2 aliphatic heterocycles. The van der Waals surface area contributed by atoms with Gasteiger partial charge < -0.3 is 9.64 Å². The second-order valence-corrected chi connectivity index (χ2v) is 10.3. The number of rotatable bonds is 3. The fourth-order valence-corrected chi connectivity index (χ4v) is 5.31. The molecule has 34 heavy (non-hydrogen) atoms. The number of methoxy groups -OCH3 is 1. The minimum Gasteiger partial charge on any atom is -0.496 e. The van der Waals surface area contributed by atoms with Gasteiger partial charge in [0, 0.05) is 29.9 Å². The molecule has 1 fully saturated rings. The minimum absolute atomic E-state index is 0.0127. The van der Waals surface area contributed by atoms with E-state index in [1.807, 2.05) is 44.2 Å². The number of aryl methyl sites for hydroxylation is 2. The predicted molar refractivity (Wildman–Crippen MR) is 141 cm³/mol. The zero-order valence-corrected chi connectivity index (χ0v) is 21.6. The standard InChI is InChI=1S/C27H31N3O3S/c1-15-8-16(2)10-19(9-15)30-25(32)21(24(31)28-26(30)34)12-18-11-20-17(3)14-27(4,5)29(6)22(20)13-23(18)33-7/h8-13,17H,14H2,1-7H3,(H,28,31,34)/b21-12-. The number of hydrogen-bond donors (Lipinski definition) is 1. The number of nitrogens with one attached hydrogen (secondary N) is 1. The Labute approximate surface area is 206 Å². The number of benzene rings is 2. The Balaban J connectivity index is 1.81. The number of carbonyl (C=O) groups excluding carboxylic acids is 2. The van der Waals surface area contributed by atoms with Gasteiger partial charge in [0.2, 0.25) is 0 Å². The van der Waals surface area contributed by atoms with Crippen molar-refractivity contribution in [2.45, 2.75) is 52.5 Å². The molecular weight excluding hydrogens is 446 g/mol. The third kappa shape index (κ3) is 4.09. The first-order chi connectivity index (χ1) is 15.9. The second-order valence-electron chi connectivity index (χ2n) is 9.93. The monoisotopic (exact) mass is 477 g/mol. The highest BCUT2D eigenvalue weighted by molar-refractivity contribution is 7.80. The lowest BCUT2D eigenvalue weighted by Gasteiger charge is -2.45.